The van der Waals surface area contributed by atoms with Gasteiger partial charge in [-0.15, -0.1) is 0 Å². The number of carboxylic acids is 1. The number of hydrogen-bond acceptors (Lipinski definition) is 6. The normalized spacial score (nSPS) is 14.2. The van der Waals surface area contributed by atoms with Crippen molar-refractivity contribution in [1.29, 1.82) is 0 Å². The third-order valence-corrected chi connectivity index (χ3v) is 6.65. The van der Waals surface area contributed by atoms with E-state index in [9.17, 15) is 27.1 Å². The quantitative estimate of drug-likeness (QED) is 0.566. The molecule has 4 rings (SSSR count). The second kappa shape index (κ2) is 9.02. The van der Waals surface area contributed by atoms with Gasteiger partial charge in [0.2, 0.25) is 0 Å². The lowest BCUT2D eigenvalue weighted by Crippen LogP contribution is -2.47. The maximum Gasteiger partial charge on any atom is 0.335 e. The number of halogens is 2. The van der Waals surface area contributed by atoms with Crippen molar-refractivity contribution in [2.45, 2.75) is 4.90 Å². The molecular weight excluding hydrogens is 454 g/mol. The van der Waals surface area contributed by atoms with E-state index in [1.165, 1.54) is 18.2 Å². The molecule has 172 valence electrons. The Hall–Kier alpha value is -3.73. The number of sulfonamides is 1. The predicted molar refractivity (Wildman–Crippen MR) is 119 cm³/mol. The summed E-state index contributed by atoms with van der Waals surface area (Å²) in [6.45, 7) is 2.30. The lowest BCUT2D eigenvalue weighted by Gasteiger charge is -2.37. The highest BCUT2D eigenvalue weighted by Gasteiger charge is 2.24. The average Bonchev–Trinajstić information content (AvgIpc) is 2.81. The van der Waals surface area contributed by atoms with E-state index < -0.39 is 32.5 Å². The number of piperazine rings is 1. The molecule has 0 unspecified atom stereocenters. The molecule has 0 saturated carbocycles. The zero-order valence-electron chi connectivity index (χ0n) is 17.3. The van der Waals surface area contributed by atoms with E-state index in [4.69, 9.17) is 0 Å². The number of carbonyl (C=O) groups is 1. The summed E-state index contributed by atoms with van der Waals surface area (Å²) >= 11 is 0. The summed E-state index contributed by atoms with van der Waals surface area (Å²) in [5.74, 6) is -2.87. The van der Waals surface area contributed by atoms with Gasteiger partial charge in [-0.1, -0.05) is 6.07 Å². The third kappa shape index (κ3) is 4.87. The van der Waals surface area contributed by atoms with Gasteiger partial charge in [0.15, 0.2) is 11.6 Å². The Morgan fingerprint density at radius 1 is 0.939 bits per heavy atom. The zero-order valence-corrected chi connectivity index (χ0v) is 18.1. The maximum absolute atomic E-state index is 13.6. The van der Waals surface area contributed by atoms with E-state index >= 15 is 0 Å². The fourth-order valence-corrected chi connectivity index (χ4v) is 4.67. The van der Waals surface area contributed by atoms with Crippen LogP contribution in [0.15, 0.2) is 65.7 Å². The minimum absolute atomic E-state index is 0.0333. The topological polar surface area (TPSA) is 103 Å². The van der Waals surface area contributed by atoms with Gasteiger partial charge in [-0.25, -0.2) is 27.0 Å². The van der Waals surface area contributed by atoms with Gasteiger partial charge in [-0.3, -0.25) is 4.72 Å². The Morgan fingerprint density at radius 2 is 1.67 bits per heavy atom. The Morgan fingerprint density at radius 3 is 2.30 bits per heavy atom. The predicted octanol–water partition coefficient (Wildman–Crippen LogP) is 3.19. The molecule has 0 spiro atoms. The monoisotopic (exact) mass is 474 g/mol. The molecule has 2 aromatic carbocycles. The molecule has 0 bridgehead atoms. The van der Waals surface area contributed by atoms with Gasteiger partial charge in [0.25, 0.3) is 10.0 Å². The number of anilines is 3. The molecule has 33 heavy (non-hydrogen) atoms. The van der Waals surface area contributed by atoms with Crippen LogP contribution in [0.1, 0.15) is 10.4 Å². The number of benzene rings is 2. The fourth-order valence-electron chi connectivity index (χ4n) is 3.59. The summed E-state index contributed by atoms with van der Waals surface area (Å²) in [5.41, 5.74) is 0.395. The molecule has 3 aromatic rings. The van der Waals surface area contributed by atoms with Crippen LogP contribution >= 0.6 is 0 Å². The highest BCUT2D eigenvalue weighted by Crippen LogP contribution is 2.31. The summed E-state index contributed by atoms with van der Waals surface area (Å²) in [5, 5.41) is 9.36. The van der Waals surface area contributed by atoms with Crippen LogP contribution in [0.4, 0.5) is 26.0 Å². The number of rotatable bonds is 6. The van der Waals surface area contributed by atoms with E-state index in [0.29, 0.717) is 37.9 Å². The Balaban J connectivity index is 1.62. The SMILES string of the molecule is O=C(O)c1ccc(N2CCN(c3ccccn3)CC2)c(NS(=O)(=O)c2ccc(F)c(F)c2)c1. The molecule has 1 aliphatic heterocycles. The molecule has 1 fully saturated rings. The van der Waals surface area contributed by atoms with Gasteiger partial charge in [-0.05, 0) is 48.5 Å². The van der Waals surface area contributed by atoms with Crippen molar-refractivity contribution in [3.8, 4) is 0 Å². The summed E-state index contributed by atoms with van der Waals surface area (Å²) in [6, 6.07) is 12.0. The second-order valence-electron chi connectivity index (χ2n) is 7.38. The maximum atomic E-state index is 13.6. The van der Waals surface area contributed by atoms with Gasteiger partial charge < -0.3 is 14.9 Å². The van der Waals surface area contributed by atoms with E-state index in [-0.39, 0.29) is 11.3 Å². The molecule has 0 radical (unpaired) electrons. The molecule has 8 nitrogen and oxygen atoms in total. The van der Waals surface area contributed by atoms with Crippen molar-refractivity contribution in [2.24, 2.45) is 0 Å². The van der Waals surface area contributed by atoms with Crippen LogP contribution in [0.25, 0.3) is 0 Å². The van der Waals surface area contributed by atoms with Crippen LogP contribution in [-0.4, -0.2) is 50.7 Å². The molecule has 2 heterocycles. The zero-order chi connectivity index (χ0) is 23.6. The molecule has 2 N–H and O–H groups in total. The summed E-state index contributed by atoms with van der Waals surface area (Å²) < 4.78 is 54.9. The number of aromatic carboxylic acids is 1. The van der Waals surface area contributed by atoms with Gasteiger partial charge >= 0.3 is 5.97 Å². The third-order valence-electron chi connectivity index (χ3n) is 5.28. The molecule has 1 saturated heterocycles. The first-order valence-corrected chi connectivity index (χ1v) is 11.5. The van der Waals surface area contributed by atoms with Crippen molar-refractivity contribution in [2.75, 3.05) is 40.7 Å². The molecule has 0 aliphatic carbocycles. The number of nitrogens with zero attached hydrogens (tertiary/aromatic N) is 3. The molecule has 11 heteroatoms. The van der Waals surface area contributed by atoms with E-state index in [2.05, 4.69) is 14.6 Å². The highest BCUT2D eigenvalue weighted by molar-refractivity contribution is 7.92. The van der Waals surface area contributed by atoms with Crippen LogP contribution in [0.3, 0.4) is 0 Å². The van der Waals surface area contributed by atoms with Crippen molar-refractivity contribution in [3.05, 3.63) is 78.0 Å². The summed E-state index contributed by atoms with van der Waals surface area (Å²) in [6.07, 6.45) is 1.71. The van der Waals surface area contributed by atoms with E-state index in [1.807, 2.05) is 23.1 Å². The van der Waals surface area contributed by atoms with Crippen LogP contribution in [0, 0.1) is 11.6 Å². The lowest BCUT2D eigenvalue weighted by molar-refractivity contribution is 0.0697. The fraction of sp³-hybridized carbons (Fsp3) is 0.182. The Labute approximate surface area is 189 Å². The number of aromatic nitrogens is 1. The second-order valence-corrected chi connectivity index (χ2v) is 9.06. The van der Waals surface area contributed by atoms with Gasteiger partial charge in [-0.2, -0.15) is 0 Å². The number of nitrogens with one attached hydrogen (secondary N) is 1. The summed E-state index contributed by atoms with van der Waals surface area (Å²) in [4.78, 5) is 19.3. The lowest BCUT2D eigenvalue weighted by atomic mass is 10.1. The molecular formula is C22H20F2N4O4S. The van der Waals surface area contributed by atoms with E-state index in [0.717, 1.165) is 18.0 Å². The number of hydrogen-bond donors (Lipinski definition) is 2. The molecule has 0 atom stereocenters. The van der Waals surface area contributed by atoms with Crippen LogP contribution in [-0.2, 0) is 10.0 Å². The van der Waals surface area contributed by atoms with E-state index in [1.54, 1.807) is 6.20 Å². The molecule has 1 aliphatic rings. The standard InChI is InChI=1S/C22H20F2N4O4S/c23-17-6-5-16(14-18(17)24)33(31,32)26-19-13-15(22(29)30)4-7-20(19)27-9-11-28(12-10-27)21-3-1-2-8-25-21/h1-8,13-14,26H,9-12H2,(H,29,30). The minimum Gasteiger partial charge on any atom is -0.478 e. The largest absolute Gasteiger partial charge is 0.478 e. The van der Waals surface area contributed by atoms with Gasteiger partial charge in [0.05, 0.1) is 21.8 Å². The van der Waals surface area contributed by atoms with Crippen molar-refractivity contribution < 1.29 is 27.1 Å². The van der Waals surface area contributed by atoms with Crippen LogP contribution in [0.2, 0.25) is 0 Å². The Kier molecular flexibility index (Phi) is 6.14. The smallest absolute Gasteiger partial charge is 0.335 e. The minimum atomic E-state index is -4.31. The van der Waals surface area contributed by atoms with Crippen molar-refractivity contribution in [3.63, 3.8) is 0 Å². The number of carboxylic acid groups (broad SMARTS) is 1. The first-order valence-electron chi connectivity index (χ1n) is 10.0. The number of pyridine rings is 1. The first-order chi connectivity index (χ1) is 15.7. The van der Waals surface area contributed by atoms with Gasteiger partial charge in [0, 0.05) is 32.4 Å². The van der Waals surface area contributed by atoms with Crippen LogP contribution in [0.5, 0.6) is 0 Å². The first kappa shape index (κ1) is 22.5. The molecule has 1 aromatic heterocycles. The Bertz CT molecular complexity index is 1280. The van der Waals surface area contributed by atoms with Gasteiger partial charge in [0.1, 0.15) is 5.82 Å². The van der Waals surface area contributed by atoms with Crippen LogP contribution < -0.4 is 14.5 Å². The van der Waals surface area contributed by atoms with Crippen molar-refractivity contribution >= 4 is 33.2 Å². The van der Waals surface area contributed by atoms with Crippen molar-refractivity contribution in [1.82, 2.24) is 4.98 Å². The molecule has 0 amide bonds. The summed E-state index contributed by atoms with van der Waals surface area (Å²) in [7, 11) is -4.31. The highest BCUT2D eigenvalue weighted by atomic mass is 32.2. The average molecular weight is 474 g/mol.